The molecule has 0 unspecified atom stereocenters. The second-order valence-corrected chi connectivity index (χ2v) is 7.53. The Morgan fingerprint density at radius 3 is 2.85 bits per heavy atom. The molecule has 1 fully saturated rings. The number of hydrogen-bond donors (Lipinski definition) is 1. The van der Waals surface area contributed by atoms with E-state index < -0.39 is 9.84 Å². The first-order valence-corrected chi connectivity index (χ1v) is 8.44. The van der Waals surface area contributed by atoms with Crippen LogP contribution < -0.4 is 10.1 Å². The average Bonchev–Trinajstić information content (AvgIpc) is 2.67. The standard InChI is InChI=1S/C13H16ClNO4S/c1-9-6-10(14)2-3-12(9)19-7-13(16)15-11-4-5-20(17,18)8-11/h2-3,6,11H,4-5,7-8H2,1H3,(H,15,16)/t11-/m1/s1. The summed E-state index contributed by atoms with van der Waals surface area (Å²) in [6.45, 7) is 1.70. The lowest BCUT2D eigenvalue weighted by molar-refractivity contribution is -0.123. The monoisotopic (exact) mass is 317 g/mol. The lowest BCUT2D eigenvalue weighted by atomic mass is 10.2. The third-order valence-electron chi connectivity index (χ3n) is 3.09. The Morgan fingerprint density at radius 1 is 1.50 bits per heavy atom. The van der Waals surface area contributed by atoms with E-state index in [2.05, 4.69) is 5.32 Å². The molecule has 5 nitrogen and oxygen atoms in total. The normalized spacial score (nSPS) is 20.6. The highest BCUT2D eigenvalue weighted by atomic mass is 35.5. The molecule has 1 atom stereocenters. The summed E-state index contributed by atoms with van der Waals surface area (Å²) in [5.74, 6) is 0.415. The number of amides is 1. The second-order valence-electron chi connectivity index (χ2n) is 4.87. The third kappa shape index (κ3) is 4.11. The first-order chi connectivity index (χ1) is 9.35. The highest BCUT2D eigenvalue weighted by molar-refractivity contribution is 7.91. The largest absolute Gasteiger partial charge is 0.484 e. The lowest BCUT2D eigenvalue weighted by Gasteiger charge is -2.12. The fourth-order valence-electron chi connectivity index (χ4n) is 2.10. The number of carbonyl (C=O) groups is 1. The Balaban J connectivity index is 1.84. The summed E-state index contributed by atoms with van der Waals surface area (Å²) in [4.78, 5) is 11.7. The Labute approximate surface area is 123 Å². The first kappa shape index (κ1) is 15.1. The van der Waals surface area contributed by atoms with Crippen LogP contribution >= 0.6 is 11.6 Å². The number of ether oxygens (including phenoxy) is 1. The molecule has 1 aromatic rings. The van der Waals surface area contributed by atoms with E-state index in [0.29, 0.717) is 17.2 Å². The third-order valence-corrected chi connectivity index (χ3v) is 5.10. The van der Waals surface area contributed by atoms with Crippen molar-refractivity contribution in [3.63, 3.8) is 0 Å². The molecule has 7 heteroatoms. The Bertz CT molecular complexity index is 615. The van der Waals surface area contributed by atoms with Gasteiger partial charge in [-0.1, -0.05) is 11.6 Å². The topological polar surface area (TPSA) is 72.5 Å². The zero-order valence-corrected chi connectivity index (χ0v) is 12.6. The van der Waals surface area contributed by atoms with Crippen molar-refractivity contribution in [2.45, 2.75) is 19.4 Å². The number of rotatable bonds is 4. The van der Waals surface area contributed by atoms with Crippen molar-refractivity contribution in [2.75, 3.05) is 18.1 Å². The molecule has 0 aromatic heterocycles. The molecule has 1 heterocycles. The van der Waals surface area contributed by atoms with Crippen molar-refractivity contribution in [1.29, 1.82) is 0 Å². The average molecular weight is 318 g/mol. The van der Waals surface area contributed by atoms with Crippen LogP contribution in [0.2, 0.25) is 5.02 Å². The predicted octanol–water partition coefficient (Wildman–Crippen LogP) is 1.33. The van der Waals surface area contributed by atoms with Gasteiger partial charge in [0, 0.05) is 11.1 Å². The van der Waals surface area contributed by atoms with E-state index in [-0.39, 0.29) is 30.1 Å². The zero-order chi connectivity index (χ0) is 14.8. The van der Waals surface area contributed by atoms with E-state index in [1.807, 2.05) is 6.92 Å². The maximum atomic E-state index is 11.7. The molecular weight excluding hydrogens is 302 g/mol. The van der Waals surface area contributed by atoms with Gasteiger partial charge >= 0.3 is 0 Å². The number of aryl methyl sites for hydroxylation is 1. The van der Waals surface area contributed by atoms with E-state index in [0.717, 1.165) is 5.56 Å². The molecule has 1 N–H and O–H groups in total. The summed E-state index contributed by atoms with van der Waals surface area (Å²) in [5, 5.41) is 3.27. The van der Waals surface area contributed by atoms with Crippen LogP contribution in [-0.2, 0) is 14.6 Å². The van der Waals surface area contributed by atoms with Crippen molar-refractivity contribution in [3.8, 4) is 5.75 Å². The molecule has 2 rings (SSSR count). The number of sulfone groups is 1. The quantitative estimate of drug-likeness (QED) is 0.909. The van der Waals surface area contributed by atoms with Gasteiger partial charge in [0.15, 0.2) is 16.4 Å². The molecule has 0 radical (unpaired) electrons. The van der Waals surface area contributed by atoms with Gasteiger partial charge < -0.3 is 10.1 Å². The van der Waals surface area contributed by atoms with Gasteiger partial charge in [0.25, 0.3) is 5.91 Å². The van der Waals surface area contributed by atoms with E-state index in [9.17, 15) is 13.2 Å². The molecule has 1 aliphatic heterocycles. The smallest absolute Gasteiger partial charge is 0.258 e. The van der Waals surface area contributed by atoms with Gasteiger partial charge in [-0.05, 0) is 37.1 Å². The second kappa shape index (κ2) is 6.01. The summed E-state index contributed by atoms with van der Waals surface area (Å²) >= 11 is 5.83. The summed E-state index contributed by atoms with van der Waals surface area (Å²) < 4.78 is 28.0. The minimum Gasteiger partial charge on any atom is -0.484 e. The molecule has 1 aromatic carbocycles. The Kier molecular flexibility index (Phi) is 4.55. The van der Waals surface area contributed by atoms with Gasteiger partial charge in [0.2, 0.25) is 0 Å². The van der Waals surface area contributed by atoms with Crippen molar-refractivity contribution >= 4 is 27.3 Å². The summed E-state index contributed by atoms with van der Waals surface area (Å²) in [6.07, 6.45) is 0.466. The van der Waals surface area contributed by atoms with E-state index in [4.69, 9.17) is 16.3 Å². The van der Waals surface area contributed by atoms with Crippen molar-refractivity contribution in [2.24, 2.45) is 0 Å². The van der Waals surface area contributed by atoms with Crippen molar-refractivity contribution in [1.82, 2.24) is 5.32 Å². The Hall–Kier alpha value is -1.27. The number of hydrogen-bond acceptors (Lipinski definition) is 4. The highest BCUT2D eigenvalue weighted by Crippen LogP contribution is 2.21. The van der Waals surface area contributed by atoms with Crippen LogP contribution in [0.4, 0.5) is 0 Å². The maximum absolute atomic E-state index is 11.7. The van der Waals surface area contributed by atoms with E-state index in [1.165, 1.54) is 0 Å². The van der Waals surface area contributed by atoms with Crippen LogP contribution in [0, 0.1) is 6.92 Å². The number of halogens is 1. The minimum atomic E-state index is -2.99. The van der Waals surface area contributed by atoms with Gasteiger partial charge in [-0.3, -0.25) is 4.79 Å². The van der Waals surface area contributed by atoms with Crippen LogP contribution in [-0.4, -0.2) is 38.5 Å². The fourth-order valence-corrected chi connectivity index (χ4v) is 4.00. The zero-order valence-electron chi connectivity index (χ0n) is 11.1. The van der Waals surface area contributed by atoms with Crippen LogP contribution in [0.5, 0.6) is 5.75 Å². The van der Waals surface area contributed by atoms with Crippen LogP contribution in [0.25, 0.3) is 0 Å². The van der Waals surface area contributed by atoms with E-state index in [1.54, 1.807) is 18.2 Å². The number of nitrogens with one attached hydrogen (secondary N) is 1. The maximum Gasteiger partial charge on any atom is 0.258 e. The Morgan fingerprint density at radius 2 is 2.25 bits per heavy atom. The molecule has 1 saturated heterocycles. The molecule has 110 valence electrons. The summed E-state index contributed by atoms with van der Waals surface area (Å²) in [5.41, 5.74) is 0.841. The molecular formula is C13H16ClNO4S. The molecule has 0 saturated carbocycles. The van der Waals surface area contributed by atoms with E-state index >= 15 is 0 Å². The SMILES string of the molecule is Cc1cc(Cl)ccc1OCC(=O)N[C@@H]1CCS(=O)(=O)C1. The van der Waals surface area contributed by atoms with Gasteiger partial charge in [-0.25, -0.2) is 8.42 Å². The molecule has 0 spiro atoms. The summed E-state index contributed by atoms with van der Waals surface area (Å²) in [6, 6.07) is 4.83. The van der Waals surface area contributed by atoms with Crippen LogP contribution in [0.15, 0.2) is 18.2 Å². The highest BCUT2D eigenvalue weighted by Gasteiger charge is 2.28. The molecule has 1 amide bonds. The molecule has 1 aliphatic rings. The number of carbonyl (C=O) groups excluding carboxylic acids is 1. The number of benzene rings is 1. The fraction of sp³-hybridized carbons (Fsp3) is 0.462. The summed E-state index contributed by atoms with van der Waals surface area (Å²) in [7, 11) is -2.99. The van der Waals surface area contributed by atoms with Gasteiger partial charge in [-0.2, -0.15) is 0 Å². The van der Waals surface area contributed by atoms with Crippen LogP contribution in [0.1, 0.15) is 12.0 Å². The van der Waals surface area contributed by atoms with Gasteiger partial charge in [0.1, 0.15) is 5.75 Å². The predicted molar refractivity (Wildman–Crippen MR) is 76.9 cm³/mol. The first-order valence-electron chi connectivity index (χ1n) is 6.24. The lowest BCUT2D eigenvalue weighted by Crippen LogP contribution is -2.38. The van der Waals surface area contributed by atoms with Crippen LogP contribution in [0.3, 0.4) is 0 Å². The molecule has 20 heavy (non-hydrogen) atoms. The van der Waals surface area contributed by atoms with Crippen molar-refractivity contribution < 1.29 is 17.9 Å². The van der Waals surface area contributed by atoms with Gasteiger partial charge in [0.05, 0.1) is 11.5 Å². The molecule has 0 bridgehead atoms. The van der Waals surface area contributed by atoms with Gasteiger partial charge in [-0.15, -0.1) is 0 Å². The molecule has 0 aliphatic carbocycles. The van der Waals surface area contributed by atoms with Crippen molar-refractivity contribution in [3.05, 3.63) is 28.8 Å². The minimum absolute atomic E-state index is 0.0126.